The molecular weight excluding hydrogens is 190 g/mol. The van der Waals surface area contributed by atoms with Crippen LogP contribution in [0.5, 0.6) is 5.75 Å². The smallest absolute Gasteiger partial charge is 0.146 e. The third-order valence-corrected chi connectivity index (χ3v) is 2.55. The van der Waals surface area contributed by atoms with Gasteiger partial charge in [-0.1, -0.05) is 12.1 Å². The summed E-state index contributed by atoms with van der Waals surface area (Å²) in [6.45, 7) is 0.631. The summed E-state index contributed by atoms with van der Waals surface area (Å²) in [7, 11) is 3.59. The van der Waals surface area contributed by atoms with E-state index in [0.717, 1.165) is 28.8 Å². The molecule has 2 N–H and O–H groups in total. The van der Waals surface area contributed by atoms with Crippen LogP contribution >= 0.6 is 0 Å². The third kappa shape index (κ3) is 1.57. The van der Waals surface area contributed by atoms with Gasteiger partial charge in [-0.05, 0) is 12.6 Å². The third-order valence-electron chi connectivity index (χ3n) is 2.55. The summed E-state index contributed by atoms with van der Waals surface area (Å²) >= 11 is 0. The average molecular weight is 205 g/mol. The summed E-state index contributed by atoms with van der Waals surface area (Å²) in [5, 5.41) is 5.57. The van der Waals surface area contributed by atoms with E-state index in [4.69, 9.17) is 10.5 Å². The first kappa shape index (κ1) is 9.98. The van der Waals surface area contributed by atoms with Gasteiger partial charge in [-0.15, -0.1) is 0 Å². The quantitative estimate of drug-likeness (QED) is 0.815. The first-order valence-corrected chi connectivity index (χ1v) is 4.96. The van der Waals surface area contributed by atoms with Crippen molar-refractivity contribution in [3.05, 3.63) is 23.9 Å². The molecule has 0 radical (unpaired) electrons. The van der Waals surface area contributed by atoms with Gasteiger partial charge in [-0.25, -0.2) is 0 Å². The monoisotopic (exact) mass is 205 g/mol. The lowest BCUT2D eigenvalue weighted by molar-refractivity contribution is 0.418. The lowest BCUT2D eigenvalue weighted by Crippen LogP contribution is -2.07. The van der Waals surface area contributed by atoms with Gasteiger partial charge in [-0.2, -0.15) is 5.10 Å². The topological polar surface area (TPSA) is 53.1 Å². The van der Waals surface area contributed by atoms with Crippen molar-refractivity contribution in [3.63, 3.8) is 0 Å². The van der Waals surface area contributed by atoms with E-state index in [-0.39, 0.29) is 0 Å². The molecule has 4 nitrogen and oxygen atoms in total. The van der Waals surface area contributed by atoms with Crippen LogP contribution in [-0.4, -0.2) is 23.4 Å². The molecule has 0 aliphatic carbocycles. The fourth-order valence-electron chi connectivity index (χ4n) is 1.84. The number of benzene rings is 1. The molecule has 0 aliphatic rings. The average Bonchev–Trinajstić information content (AvgIpc) is 2.56. The summed E-state index contributed by atoms with van der Waals surface area (Å²) in [5.74, 6) is 0.811. The number of rotatable bonds is 3. The van der Waals surface area contributed by atoms with Gasteiger partial charge in [0.15, 0.2) is 0 Å². The fraction of sp³-hybridized carbons (Fsp3) is 0.364. The number of fused-ring (bicyclic) bond motifs is 1. The number of aromatic nitrogens is 2. The van der Waals surface area contributed by atoms with Crippen molar-refractivity contribution >= 4 is 10.9 Å². The molecule has 0 atom stereocenters. The van der Waals surface area contributed by atoms with Crippen molar-refractivity contribution in [1.82, 2.24) is 9.78 Å². The molecule has 0 saturated heterocycles. The molecule has 2 aromatic rings. The zero-order valence-corrected chi connectivity index (χ0v) is 9.03. The van der Waals surface area contributed by atoms with Crippen molar-refractivity contribution < 1.29 is 4.74 Å². The maximum absolute atomic E-state index is 5.58. The van der Waals surface area contributed by atoms with Gasteiger partial charge in [0.2, 0.25) is 0 Å². The van der Waals surface area contributed by atoms with Crippen molar-refractivity contribution in [3.8, 4) is 5.75 Å². The van der Waals surface area contributed by atoms with Crippen LogP contribution in [0.3, 0.4) is 0 Å². The second-order valence-electron chi connectivity index (χ2n) is 3.47. The molecule has 0 amide bonds. The van der Waals surface area contributed by atoms with Gasteiger partial charge in [0, 0.05) is 24.5 Å². The van der Waals surface area contributed by atoms with Crippen molar-refractivity contribution in [2.75, 3.05) is 13.7 Å². The number of hydrogen-bond acceptors (Lipinski definition) is 3. The molecule has 0 unspecified atom stereocenters. The van der Waals surface area contributed by atoms with Crippen molar-refractivity contribution in [2.45, 2.75) is 6.42 Å². The largest absolute Gasteiger partial charge is 0.494 e. The van der Waals surface area contributed by atoms with Gasteiger partial charge in [0.25, 0.3) is 0 Å². The van der Waals surface area contributed by atoms with Gasteiger partial charge < -0.3 is 10.5 Å². The molecule has 0 aliphatic heterocycles. The van der Waals surface area contributed by atoms with E-state index < -0.39 is 0 Å². The summed E-state index contributed by atoms with van der Waals surface area (Å²) in [6, 6.07) is 5.94. The number of hydrogen-bond donors (Lipinski definition) is 1. The Morgan fingerprint density at radius 3 is 2.93 bits per heavy atom. The summed E-state index contributed by atoms with van der Waals surface area (Å²) in [6.07, 6.45) is 0.833. The van der Waals surface area contributed by atoms with Crippen LogP contribution in [0.25, 0.3) is 10.9 Å². The molecule has 4 heteroatoms. The number of methoxy groups -OCH3 is 1. The normalized spacial score (nSPS) is 10.9. The highest BCUT2D eigenvalue weighted by atomic mass is 16.5. The Morgan fingerprint density at radius 1 is 1.47 bits per heavy atom. The van der Waals surface area contributed by atoms with E-state index in [0.29, 0.717) is 6.54 Å². The van der Waals surface area contributed by atoms with Gasteiger partial charge in [0.1, 0.15) is 11.3 Å². The summed E-state index contributed by atoms with van der Waals surface area (Å²) < 4.78 is 7.14. The molecule has 0 fully saturated rings. The van der Waals surface area contributed by atoms with Crippen molar-refractivity contribution in [2.24, 2.45) is 12.8 Å². The Kier molecular flexibility index (Phi) is 2.60. The van der Waals surface area contributed by atoms with Gasteiger partial charge in [-0.3, -0.25) is 4.68 Å². The fourth-order valence-corrected chi connectivity index (χ4v) is 1.84. The Labute approximate surface area is 88.6 Å². The molecule has 0 saturated carbocycles. The second kappa shape index (κ2) is 3.90. The highest BCUT2D eigenvalue weighted by Gasteiger charge is 2.11. The number of nitrogens with two attached hydrogens (primary N) is 1. The minimum atomic E-state index is 0.631. The van der Waals surface area contributed by atoms with Crippen LogP contribution in [0.15, 0.2) is 18.2 Å². The molecule has 1 heterocycles. The van der Waals surface area contributed by atoms with Crippen LogP contribution in [0.4, 0.5) is 0 Å². The molecule has 0 bridgehead atoms. The highest BCUT2D eigenvalue weighted by molar-refractivity contribution is 5.87. The van der Waals surface area contributed by atoms with Crippen LogP contribution in [0.1, 0.15) is 5.69 Å². The van der Waals surface area contributed by atoms with Gasteiger partial charge >= 0.3 is 0 Å². The molecule has 0 spiro atoms. The van der Waals surface area contributed by atoms with Gasteiger partial charge in [0.05, 0.1) is 7.11 Å². The molecular formula is C11H15N3O. The van der Waals surface area contributed by atoms with E-state index in [9.17, 15) is 0 Å². The molecule has 15 heavy (non-hydrogen) atoms. The summed E-state index contributed by atoms with van der Waals surface area (Å²) in [4.78, 5) is 0. The van der Waals surface area contributed by atoms with E-state index in [1.54, 1.807) is 7.11 Å². The standard InChI is InChI=1S/C11H15N3O/c1-14-9(6-7-12)8-4-3-5-10(15-2)11(8)13-14/h3-5H,6-7,12H2,1-2H3. The van der Waals surface area contributed by atoms with Crippen LogP contribution in [0.2, 0.25) is 0 Å². The predicted molar refractivity (Wildman–Crippen MR) is 60.0 cm³/mol. The molecule has 80 valence electrons. The maximum atomic E-state index is 5.58. The SMILES string of the molecule is COc1cccc2c(CCN)n(C)nc12. The predicted octanol–water partition coefficient (Wildman–Crippen LogP) is 1.08. The second-order valence-corrected chi connectivity index (χ2v) is 3.47. The van der Waals surface area contributed by atoms with E-state index >= 15 is 0 Å². The Balaban J connectivity index is 2.67. The number of nitrogens with zero attached hydrogens (tertiary/aromatic N) is 2. The zero-order valence-electron chi connectivity index (χ0n) is 9.03. The Bertz CT molecular complexity index is 476. The molecule has 1 aromatic carbocycles. The maximum Gasteiger partial charge on any atom is 0.146 e. The molecule has 2 rings (SSSR count). The minimum absolute atomic E-state index is 0.631. The number of aryl methyl sites for hydroxylation is 1. The molecule has 1 aromatic heterocycles. The lowest BCUT2D eigenvalue weighted by Gasteiger charge is -2.00. The minimum Gasteiger partial charge on any atom is -0.494 e. The first-order chi connectivity index (χ1) is 7.27. The van der Waals surface area contributed by atoms with Crippen LogP contribution in [-0.2, 0) is 13.5 Å². The Hall–Kier alpha value is -1.55. The first-order valence-electron chi connectivity index (χ1n) is 4.96. The van der Waals surface area contributed by atoms with E-state index in [1.165, 1.54) is 0 Å². The summed E-state index contributed by atoms with van der Waals surface area (Å²) in [5.41, 5.74) is 7.64. The van der Waals surface area contributed by atoms with E-state index in [1.807, 2.05) is 23.9 Å². The van der Waals surface area contributed by atoms with Crippen LogP contribution in [0, 0.1) is 0 Å². The van der Waals surface area contributed by atoms with E-state index in [2.05, 4.69) is 11.2 Å². The Morgan fingerprint density at radius 2 is 2.27 bits per heavy atom. The lowest BCUT2D eigenvalue weighted by atomic mass is 10.1. The zero-order chi connectivity index (χ0) is 10.8. The van der Waals surface area contributed by atoms with Crippen LogP contribution < -0.4 is 10.5 Å². The number of ether oxygens (including phenoxy) is 1. The highest BCUT2D eigenvalue weighted by Crippen LogP contribution is 2.26. The van der Waals surface area contributed by atoms with Crippen molar-refractivity contribution in [1.29, 1.82) is 0 Å².